The Balaban J connectivity index is 1.78. The van der Waals surface area contributed by atoms with Crippen molar-refractivity contribution >= 4 is 16.6 Å². The van der Waals surface area contributed by atoms with Gasteiger partial charge in [-0.2, -0.15) is 5.10 Å². The molecule has 0 amide bonds. The van der Waals surface area contributed by atoms with E-state index in [1.54, 1.807) is 0 Å². The predicted octanol–water partition coefficient (Wildman–Crippen LogP) is 4.85. The van der Waals surface area contributed by atoms with Crippen molar-refractivity contribution in [2.45, 2.75) is 6.54 Å². The third kappa shape index (κ3) is 2.65. The maximum atomic E-state index is 4.75. The number of nitrogens with one attached hydrogen (secondary N) is 1. The summed E-state index contributed by atoms with van der Waals surface area (Å²) in [5.41, 5.74) is 5.66. The van der Waals surface area contributed by atoms with Crippen LogP contribution in [0.5, 0.6) is 0 Å². The number of hydrogen-bond acceptors (Lipinski definition) is 2. The number of nitrogens with zero attached hydrogens (tertiary/aromatic N) is 2. The van der Waals surface area contributed by atoms with Crippen LogP contribution in [0.25, 0.3) is 22.2 Å². The lowest BCUT2D eigenvalue weighted by atomic mass is 10.1. The molecular weight excluding hydrogens is 294 g/mol. The van der Waals surface area contributed by atoms with Crippen molar-refractivity contribution in [1.82, 2.24) is 9.78 Å². The van der Waals surface area contributed by atoms with E-state index >= 15 is 0 Å². The van der Waals surface area contributed by atoms with Crippen molar-refractivity contribution in [3.63, 3.8) is 0 Å². The highest BCUT2D eigenvalue weighted by Crippen LogP contribution is 2.33. The van der Waals surface area contributed by atoms with Crippen molar-refractivity contribution in [3.8, 4) is 11.3 Å². The number of anilines is 1. The summed E-state index contributed by atoms with van der Waals surface area (Å²) in [6, 6.07) is 27.1. The molecule has 0 unspecified atom stereocenters. The minimum absolute atomic E-state index is 0.795. The summed E-state index contributed by atoms with van der Waals surface area (Å²) in [6.45, 7) is 0.795. The minimum Gasteiger partial charge on any atom is -0.380 e. The summed E-state index contributed by atoms with van der Waals surface area (Å²) in [5, 5.41) is 9.50. The third-order valence-corrected chi connectivity index (χ3v) is 4.25. The summed E-state index contributed by atoms with van der Waals surface area (Å²) >= 11 is 0. The molecule has 3 aromatic carbocycles. The van der Waals surface area contributed by atoms with Gasteiger partial charge in [0.1, 0.15) is 5.69 Å². The third-order valence-electron chi connectivity index (χ3n) is 4.25. The second-order valence-electron chi connectivity index (χ2n) is 5.88. The maximum absolute atomic E-state index is 4.75. The van der Waals surface area contributed by atoms with Gasteiger partial charge in [-0.05, 0) is 17.7 Å². The van der Waals surface area contributed by atoms with E-state index in [9.17, 15) is 0 Å². The SMILES string of the molecule is Cn1nc(-c2ccccc2)c2c(NCc3ccccc3)cccc21. The van der Waals surface area contributed by atoms with Crippen LogP contribution in [0, 0.1) is 0 Å². The minimum atomic E-state index is 0.795. The van der Waals surface area contributed by atoms with Crippen LogP contribution < -0.4 is 5.32 Å². The van der Waals surface area contributed by atoms with Crippen LogP contribution >= 0.6 is 0 Å². The molecule has 0 atom stereocenters. The molecule has 1 N–H and O–H groups in total. The van der Waals surface area contributed by atoms with Crippen LogP contribution in [0.4, 0.5) is 5.69 Å². The first-order chi connectivity index (χ1) is 11.8. The van der Waals surface area contributed by atoms with E-state index in [0.717, 1.165) is 29.0 Å². The van der Waals surface area contributed by atoms with Gasteiger partial charge in [0.15, 0.2) is 0 Å². The standard InChI is InChI=1S/C21H19N3/c1-24-19-14-8-13-18(22-15-16-9-4-2-5-10-16)20(19)21(23-24)17-11-6-3-7-12-17/h2-14,22H,15H2,1H3. The van der Waals surface area contributed by atoms with Gasteiger partial charge in [-0.1, -0.05) is 66.7 Å². The molecule has 1 aromatic heterocycles. The second kappa shape index (κ2) is 6.20. The number of fused-ring (bicyclic) bond motifs is 1. The van der Waals surface area contributed by atoms with Crippen molar-refractivity contribution < 1.29 is 0 Å². The van der Waals surface area contributed by atoms with Crippen molar-refractivity contribution in [2.24, 2.45) is 7.05 Å². The second-order valence-corrected chi connectivity index (χ2v) is 5.88. The molecule has 0 aliphatic heterocycles. The average molecular weight is 313 g/mol. The van der Waals surface area contributed by atoms with Crippen LogP contribution in [-0.4, -0.2) is 9.78 Å². The molecule has 3 heteroatoms. The summed E-state index contributed by atoms with van der Waals surface area (Å²) in [6.07, 6.45) is 0. The summed E-state index contributed by atoms with van der Waals surface area (Å²) < 4.78 is 1.95. The molecule has 0 fully saturated rings. The highest BCUT2D eigenvalue weighted by atomic mass is 15.3. The quantitative estimate of drug-likeness (QED) is 0.583. The number of hydrogen-bond donors (Lipinski definition) is 1. The van der Waals surface area contributed by atoms with Gasteiger partial charge in [0, 0.05) is 24.8 Å². The summed E-state index contributed by atoms with van der Waals surface area (Å²) in [7, 11) is 2.00. The molecule has 0 saturated heterocycles. The largest absolute Gasteiger partial charge is 0.380 e. The molecular formula is C21H19N3. The van der Waals surface area contributed by atoms with E-state index in [4.69, 9.17) is 5.10 Å². The monoisotopic (exact) mass is 313 g/mol. The first-order valence-corrected chi connectivity index (χ1v) is 8.12. The van der Waals surface area contributed by atoms with Gasteiger partial charge < -0.3 is 5.32 Å². The van der Waals surface area contributed by atoms with Crippen molar-refractivity contribution in [3.05, 3.63) is 84.4 Å². The predicted molar refractivity (Wildman–Crippen MR) is 99.9 cm³/mol. The van der Waals surface area contributed by atoms with Crippen LogP contribution in [-0.2, 0) is 13.6 Å². The van der Waals surface area contributed by atoms with E-state index < -0.39 is 0 Å². The van der Waals surface area contributed by atoms with Gasteiger partial charge in [-0.15, -0.1) is 0 Å². The number of rotatable bonds is 4. The molecule has 4 rings (SSSR count). The van der Waals surface area contributed by atoms with Crippen molar-refractivity contribution in [2.75, 3.05) is 5.32 Å². The van der Waals surface area contributed by atoms with Crippen LogP contribution in [0.15, 0.2) is 78.9 Å². The Bertz CT molecular complexity index is 956. The fourth-order valence-electron chi connectivity index (χ4n) is 3.05. The highest BCUT2D eigenvalue weighted by Gasteiger charge is 2.14. The van der Waals surface area contributed by atoms with Crippen molar-refractivity contribution in [1.29, 1.82) is 0 Å². The number of aromatic nitrogens is 2. The van der Waals surface area contributed by atoms with Gasteiger partial charge >= 0.3 is 0 Å². The van der Waals surface area contributed by atoms with E-state index in [0.29, 0.717) is 0 Å². The zero-order valence-corrected chi connectivity index (χ0v) is 13.6. The van der Waals surface area contributed by atoms with Gasteiger partial charge in [0.2, 0.25) is 0 Å². The molecule has 0 aliphatic rings. The van der Waals surface area contributed by atoms with E-state index in [2.05, 4.69) is 72.0 Å². The Kier molecular flexibility index (Phi) is 3.75. The number of benzene rings is 3. The fourth-order valence-corrected chi connectivity index (χ4v) is 3.05. The van der Waals surface area contributed by atoms with Gasteiger partial charge in [-0.3, -0.25) is 4.68 Å². The highest BCUT2D eigenvalue weighted by molar-refractivity contribution is 6.02. The lowest BCUT2D eigenvalue weighted by Crippen LogP contribution is -1.99. The van der Waals surface area contributed by atoms with Crippen LogP contribution in [0.1, 0.15) is 5.56 Å². The normalized spacial score (nSPS) is 10.9. The Labute approximate surface area is 141 Å². The lowest BCUT2D eigenvalue weighted by molar-refractivity contribution is 0.800. The van der Waals surface area contributed by atoms with Gasteiger partial charge in [0.25, 0.3) is 0 Å². The Hall–Kier alpha value is -3.07. The smallest absolute Gasteiger partial charge is 0.102 e. The molecule has 118 valence electrons. The maximum Gasteiger partial charge on any atom is 0.102 e. The molecule has 4 aromatic rings. The molecule has 1 heterocycles. The Morgan fingerprint density at radius 1 is 0.833 bits per heavy atom. The Morgan fingerprint density at radius 3 is 2.29 bits per heavy atom. The molecule has 0 spiro atoms. The van der Waals surface area contributed by atoms with Gasteiger partial charge in [-0.25, -0.2) is 0 Å². The zero-order valence-electron chi connectivity index (χ0n) is 13.6. The zero-order chi connectivity index (χ0) is 16.4. The summed E-state index contributed by atoms with van der Waals surface area (Å²) in [4.78, 5) is 0. The van der Waals surface area contributed by atoms with Crippen LogP contribution in [0.3, 0.4) is 0 Å². The molecule has 0 bridgehead atoms. The average Bonchev–Trinajstić information content (AvgIpc) is 2.99. The topological polar surface area (TPSA) is 29.9 Å². The van der Waals surface area contributed by atoms with E-state index in [1.165, 1.54) is 10.9 Å². The molecule has 3 nitrogen and oxygen atoms in total. The van der Waals surface area contributed by atoms with E-state index in [-0.39, 0.29) is 0 Å². The lowest BCUT2D eigenvalue weighted by Gasteiger charge is -2.09. The Morgan fingerprint density at radius 2 is 1.54 bits per heavy atom. The van der Waals surface area contributed by atoms with Gasteiger partial charge in [0.05, 0.1) is 10.9 Å². The number of aryl methyl sites for hydroxylation is 1. The first kappa shape index (κ1) is 14.5. The molecule has 24 heavy (non-hydrogen) atoms. The summed E-state index contributed by atoms with van der Waals surface area (Å²) in [5.74, 6) is 0. The molecule has 0 saturated carbocycles. The first-order valence-electron chi connectivity index (χ1n) is 8.12. The van der Waals surface area contributed by atoms with Crippen LogP contribution in [0.2, 0.25) is 0 Å². The van der Waals surface area contributed by atoms with E-state index in [1.807, 2.05) is 23.9 Å². The molecule has 0 aliphatic carbocycles. The fraction of sp³-hybridized carbons (Fsp3) is 0.0952. The molecule has 0 radical (unpaired) electrons.